The molecule has 0 bridgehead atoms. The smallest absolute Gasteiger partial charge is 0.194 e. The third-order valence-electron chi connectivity index (χ3n) is 4.71. The predicted octanol–water partition coefficient (Wildman–Crippen LogP) is 4.22. The number of ketones is 1. The Bertz CT molecular complexity index is 722. The van der Waals surface area contributed by atoms with Crippen LogP contribution in [0.4, 0.5) is 5.69 Å². The third kappa shape index (κ3) is 2.35. The van der Waals surface area contributed by atoms with Gasteiger partial charge >= 0.3 is 0 Å². The number of carbonyl (C=O) groups excluding carboxylic acids is 1. The van der Waals surface area contributed by atoms with Crippen molar-refractivity contribution in [3.63, 3.8) is 0 Å². The lowest BCUT2D eigenvalue weighted by atomic mass is 9.88. The Morgan fingerprint density at radius 3 is 2.27 bits per heavy atom. The summed E-state index contributed by atoms with van der Waals surface area (Å²) < 4.78 is 1.03. The zero-order valence-corrected chi connectivity index (χ0v) is 14.6. The van der Waals surface area contributed by atoms with Crippen LogP contribution in [-0.4, -0.2) is 18.9 Å². The first-order valence-electron chi connectivity index (χ1n) is 7.94. The molecule has 4 rings (SSSR count). The normalized spacial score (nSPS) is 16.3. The monoisotopic (exact) mass is 403 g/mol. The van der Waals surface area contributed by atoms with Gasteiger partial charge in [0.25, 0.3) is 0 Å². The number of benzene rings is 2. The van der Waals surface area contributed by atoms with E-state index in [1.807, 2.05) is 24.3 Å². The fourth-order valence-corrected chi connectivity index (χ4v) is 4.37. The largest absolute Gasteiger partial charge is 0.371 e. The summed E-state index contributed by atoms with van der Waals surface area (Å²) in [4.78, 5) is 15.4. The maximum absolute atomic E-state index is 12.9. The first-order valence-corrected chi connectivity index (χ1v) is 9.02. The number of nitrogens with zero attached hydrogens (tertiary/aromatic N) is 1. The van der Waals surface area contributed by atoms with Gasteiger partial charge < -0.3 is 4.90 Å². The van der Waals surface area contributed by atoms with E-state index in [2.05, 4.69) is 39.6 Å². The first kappa shape index (κ1) is 14.2. The van der Waals surface area contributed by atoms with Gasteiger partial charge in [-0.25, -0.2) is 0 Å². The van der Waals surface area contributed by atoms with Gasteiger partial charge in [0.15, 0.2) is 5.78 Å². The molecule has 22 heavy (non-hydrogen) atoms. The van der Waals surface area contributed by atoms with Crippen LogP contribution in [0.3, 0.4) is 0 Å². The molecule has 0 saturated heterocycles. The van der Waals surface area contributed by atoms with Crippen LogP contribution < -0.4 is 4.90 Å². The third-order valence-corrected chi connectivity index (χ3v) is 5.65. The fourth-order valence-electron chi connectivity index (χ4n) is 3.74. The van der Waals surface area contributed by atoms with Crippen LogP contribution in [0.5, 0.6) is 0 Å². The second-order valence-electron chi connectivity index (χ2n) is 6.15. The van der Waals surface area contributed by atoms with E-state index >= 15 is 0 Å². The van der Waals surface area contributed by atoms with E-state index < -0.39 is 0 Å². The van der Waals surface area contributed by atoms with Gasteiger partial charge in [0.1, 0.15) is 0 Å². The van der Waals surface area contributed by atoms with E-state index in [0.29, 0.717) is 0 Å². The van der Waals surface area contributed by atoms with Crippen molar-refractivity contribution in [1.29, 1.82) is 0 Å². The maximum atomic E-state index is 12.9. The minimum absolute atomic E-state index is 0.159. The Balaban J connectivity index is 1.81. The average molecular weight is 403 g/mol. The van der Waals surface area contributed by atoms with E-state index in [9.17, 15) is 4.79 Å². The molecule has 0 spiro atoms. The van der Waals surface area contributed by atoms with Crippen molar-refractivity contribution >= 4 is 34.1 Å². The molecule has 0 unspecified atom stereocenters. The van der Waals surface area contributed by atoms with Crippen molar-refractivity contribution in [2.75, 3.05) is 18.0 Å². The molecule has 3 heteroatoms. The molecular formula is C19H18INO. The highest BCUT2D eigenvalue weighted by Gasteiger charge is 2.25. The number of hydrogen-bond acceptors (Lipinski definition) is 2. The molecule has 0 N–H and O–H groups in total. The number of carbonyl (C=O) groups is 1. The molecule has 112 valence electrons. The summed E-state index contributed by atoms with van der Waals surface area (Å²) >= 11 is 2.25. The van der Waals surface area contributed by atoms with E-state index in [-0.39, 0.29) is 5.78 Å². The van der Waals surface area contributed by atoms with E-state index in [1.54, 1.807) is 0 Å². The highest BCUT2D eigenvalue weighted by Crippen LogP contribution is 2.36. The van der Waals surface area contributed by atoms with Crippen molar-refractivity contribution in [1.82, 2.24) is 0 Å². The number of anilines is 1. The summed E-state index contributed by atoms with van der Waals surface area (Å²) in [7, 11) is 0. The molecule has 0 fully saturated rings. The van der Waals surface area contributed by atoms with Crippen LogP contribution in [0.15, 0.2) is 36.4 Å². The molecule has 2 aliphatic rings. The van der Waals surface area contributed by atoms with Crippen LogP contribution in [-0.2, 0) is 12.8 Å². The summed E-state index contributed by atoms with van der Waals surface area (Å²) in [5, 5.41) is 0. The minimum atomic E-state index is 0.159. The van der Waals surface area contributed by atoms with Gasteiger partial charge in [-0.1, -0.05) is 12.1 Å². The Kier molecular flexibility index (Phi) is 3.68. The molecule has 0 aliphatic carbocycles. The van der Waals surface area contributed by atoms with Crippen molar-refractivity contribution in [2.45, 2.75) is 25.7 Å². The molecule has 0 saturated carbocycles. The zero-order chi connectivity index (χ0) is 15.1. The summed E-state index contributed by atoms with van der Waals surface area (Å²) in [6.07, 6.45) is 4.61. The fraction of sp³-hybridized carbons (Fsp3) is 0.316. The lowest BCUT2D eigenvalue weighted by Crippen LogP contribution is -2.34. The molecular weight excluding hydrogens is 385 g/mol. The Hall–Kier alpha value is -1.36. The van der Waals surface area contributed by atoms with Crippen LogP contribution in [0.2, 0.25) is 0 Å². The highest BCUT2D eigenvalue weighted by atomic mass is 127. The van der Waals surface area contributed by atoms with Gasteiger partial charge in [-0.15, -0.1) is 0 Å². The topological polar surface area (TPSA) is 20.3 Å². The Labute approximate surface area is 144 Å². The standard InChI is InChI=1S/C19H18INO/c20-17-8-2-1-7-16(17)19(22)15-11-13-5-3-9-21-10-4-6-14(12-15)18(13)21/h1-2,7-8,11-12H,3-6,9-10H2. The van der Waals surface area contributed by atoms with E-state index in [0.717, 1.165) is 27.5 Å². The van der Waals surface area contributed by atoms with Crippen LogP contribution in [0.25, 0.3) is 0 Å². The molecule has 2 heterocycles. The SMILES string of the molecule is O=C(c1cc2c3c(c1)CCCN3CCC2)c1ccccc1I. The van der Waals surface area contributed by atoms with Gasteiger partial charge in [-0.2, -0.15) is 0 Å². The first-order chi connectivity index (χ1) is 10.7. The van der Waals surface area contributed by atoms with Crippen molar-refractivity contribution < 1.29 is 4.79 Å². The molecule has 2 nitrogen and oxygen atoms in total. The minimum Gasteiger partial charge on any atom is -0.371 e. The maximum Gasteiger partial charge on any atom is 0.194 e. The van der Waals surface area contributed by atoms with Gasteiger partial charge in [0.2, 0.25) is 0 Å². The molecule has 0 amide bonds. The summed E-state index contributed by atoms with van der Waals surface area (Å²) in [6.45, 7) is 2.34. The summed E-state index contributed by atoms with van der Waals surface area (Å²) in [5.41, 5.74) is 5.85. The van der Waals surface area contributed by atoms with Crippen LogP contribution >= 0.6 is 22.6 Å². The van der Waals surface area contributed by atoms with Gasteiger partial charge in [-0.05, 0) is 83.7 Å². The lowest BCUT2D eigenvalue weighted by Gasteiger charge is -2.37. The van der Waals surface area contributed by atoms with Crippen molar-refractivity contribution in [2.24, 2.45) is 0 Å². The molecule has 0 atom stereocenters. The molecule has 2 aromatic rings. The quantitative estimate of drug-likeness (QED) is 0.553. The van der Waals surface area contributed by atoms with Gasteiger partial charge in [0.05, 0.1) is 0 Å². The Morgan fingerprint density at radius 1 is 1.00 bits per heavy atom. The predicted molar refractivity (Wildman–Crippen MR) is 97.9 cm³/mol. The molecule has 0 aromatic heterocycles. The zero-order valence-electron chi connectivity index (χ0n) is 12.4. The molecule has 2 aromatic carbocycles. The lowest BCUT2D eigenvalue weighted by molar-refractivity contribution is 0.103. The van der Waals surface area contributed by atoms with Crippen LogP contribution in [0, 0.1) is 3.57 Å². The van der Waals surface area contributed by atoms with E-state index in [4.69, 9.17) is 0 Å². The molecule has 2 aliphatic heterocycles. The van der Waals surface area contributed by atoms with Gasteiger partial charge in [0, 0.05) is 33.5 Å². The highest BCUT2D eigenvalue weighted by molar-refractivity contribution is 14.1. The number of aryl methyl sites for hydroxylation is 2. The molecule has 0 radical (unpaired) electrons. The number of halogens is 1. The number of rotatable bonds is 2. The van der Waals surface area contributed by atoms with Gasteiger partial charge in [-0.3, -0.25) is 4.79 Å². The summed E-state index contributed by atoms with van der Waals surface area (Å²) in [5.74, 6) is 0.159. The number of hydrogen-bond donors (Lipinski definition) is 0. The summed E-state index contributed by atoms with van der Waals surface area (Å²) in [6, 6.07) is 12.1. The Morgan fingerprint density at radius 2 is 1.64 bits per heavy atom. The second-order valence-corrected chi connectivity index (χ2v) is 7.31. The van der Waals surface area contributed by atoms with Crippen molar-refractivity contribution in [3.05, 3.63) is 62.2 Å². The second kappa shape index (κ2) is 5.69. The van der Waals surface area contributed by atoms with E-state index in [1.165, 1.54) is 42.7 Å². The average Bonchev–Trinajstić information content (AvgIpc) is 2.55. The van der Waals surface area contributed by atoms with Crippen LogP contribution in [0.1, 0.15) is 39.9 Å². The van der Waals surface area contributed by atoms with Crippen molar-refractivity contribution in [3.8, 4) is 0 Å².